The Bertz CT molecular complexity index is 906. The van der Waals surface area contributed by atoms with Gasteiger partial charge in [0.25, 0.3) is 0 Å². The van der Waals surface area contributed by atoms with Gasteiger partial charge in [-0.3, -0.25) is 34.1 Å². The van der Waals surface area contributed by atoms with E-state index in [1.165, 1.54) is 6.92 Å². The highest BCUT2D eigenvalue weighted by Gasteiger charge is 2.47. The Labute approximate surface area is 217 Å². The average Bonchev–Trinajstić information content (AvgIpc) is 3.36. The number of nitrogens with zero attached hydrogens (tertiary/aromatic N) is 2. The van der Waals surface area contributed by atoms with Crippen molar-refractivity contribution in [2.45, 2.75) is 116 Å². The van der Waals surface area contributed by atoms with Crippen LogP contribution < -0.4 is 10.6 Å². The van der Waals surface area contributed by atoms with Crippen LogP contribution in [0.4, 0.5) is 0 Å². The highest BCUT2D eigenvalue weighted by molar-refractivity contribution is 6.06. The number of rotatable bonds is 12. The Hall–Kier alpha value is -2.92. The molecule has 2 heterocycles. The van der Waals surface area contributed by atoms with Gasteiger partial charge in [0.2, 0.25) is 29.5 Å². The van der Waals surface area contributed by atoms with Gasteiger partial charge < -0.3 is 10.1 Å². The molecule has 2 N–H and O–H groups in total. The number of hydrogen-bond acceptors (Lipinski definition) is 8. The number of carbonyl (C=O) groups is 6. The summed E-state index contributed by atoms with van der Waals surface area (Å²) in [5, 5.41) is 6.06. The summed E-state index contributed by atoms with van der Waals surface area (Å²) in [5.41, 5.74) is 0.508. The number of carbonyl (C=O) groups excluding carboxylic acids is 6. The first-order valence-corrected chi connectivity index (χ1v) is 13.2. The van der Waals surface area contributed by atoms with E-state index in [1.54, 1.807) is 6.08 Å². The fourth-order valence-electron chi connectivity index (χ4n) is 5.15. The minimum Gasteiger partial charge on any atom is -0.369 e. The zero-order valence-corrected chi connectivity index (χ0v) is 22.1. The highest BCUT2D eigenvalue weighted by Crippen LogP contribution is 2.29. The summed E-state index contributed by atoms with van der Waals surface area (Å²) in [5.74, 6) is -2.38. The summed E-state index contributed by atoms with van der Waals surface area (Å²) in [6.45, 7) is 7.24. The van der Waals surface area contributed by atoms with E-state index in [0.29, 0.717) is 18.4 Å². The first kappa shape index (κ1) is 28.6. The van der Waals surface area contributed by atoms with Crippen LogP contribution in [0.2, 0.25) is 0 Å². The van der Waals surface area contributed by atoms with Crippen LogP contribution in [0.3, 0.4) is 0 Å². The minimum atomic E-state index is -1.35. The summed E-state index contributed by atoms with van der Waals surface area (Å²) in [6.07, 6.45) is 2.11. The van der Waals surface area contributed by atoms with E-state index in [1.807, 2.05) is 20.8 Å². The number of Topliss-reactive ketones (excluding diaryl/α,β-unsaturated/α-hetero) is 1. The van der Waals surface area contributed by atoms with E-state index < -0.39 is 48.1 Å². The highest BCUT2D eigenvalue weighted by atomic mass is 16.5. The maximum absolute atomic E-state index is 13.0. The third kappa shape index (κ3) is 6.51. The van der Waals surface area contributed by atoms with Crippen LogP contribution in [0.1, 0.15) is 85.5 Å². The molecule has 2 aliphatic heterocycles. The first-order chi connectivity index (χ1) is 17.6. The quantitative estimate of drug-likeness (QED) is 0.368. The number of ketones is 1. The van der Waals surface area contributed by atoms with Gasteiger partial charge in [0.15, 0.2) is 12.1 Å². The van der Waals surface area contributed by atoms with E-state index in [0.717, 1.165) is 22.6 Å². The van der Waals surface area contributed by atoms with E-state index in [9.17, 15) is 28.8 Å². The Kier molecular flexibility index (Phi) is 9.72. The van der Waals surface area contributed by atoms with Gasteiger partial charge in [0.1, 0.15) is 0 Å². The molecule has 11 nitrogen and oxygen atoms in total. The number of hydrogen-bond donors (Lipinski definition) is 2. The van der Waals surface area contributed by atoms with Crippen LogP contribution in [0.25, 0.3) is 0 Å². The Morgan fingerprint density at radius 3 is 1.89 bits per heavy atom. The average molecular weight is 519 g/mol. The predicted molar refractivity (Wildman–Crippen MR) is 132 cm³/mol. The van der Waals surface area contributed by atoms with Crippen LogP contribution in [-0.2, 0) is 33.5 Å². The van der Waals surface area contributed by atoms with Gasteiger partial charge in [-0.05, 0) is 37.3 Å². The van der Waals surface area contributed by atoms with Crippen molar-refractivity contribution in [2.75, 3.05) is 0 Å². The molecule has 0 saturated carbocycles. The summed E-state index contributed by atoms with van der Waals surface area (Å²) in [7, 11) is 0. The van der Waals surface area contributed by atoms with Crippen LogP contribution in [0.15, 0.2) is 11.6 Å². The van der Waals surface area contributed by atoms with E-state index in [2.05, 4.69) is 10.6 Å². The molecule has 0 aromatic heterocycles. The minimum absolute atomic E-state index is 0.0203. The van der Waals surface area contributed by atoms with Crippen molar-refractivity contribution in [3.05, 3.63) is 11.6 Å². The van der Waals surface area contributed by atoms with Crippen LogP contribution in [0.5, 0.6) is 0 Å². The molecular weight excluding hydrogens is 480 g/mol. The molecule has 0 radical (unpaired) electrons. The second kappa shape index (κ2) is 12.6. The Morgan fingerprint density at radius 1 is 0.946 bits per heavy atom. The molecule has 11 heteroatoms. The second-order valence-electron chi connectivity index (χ2n) is 9.80. The molecule has 2 fully saturated rings. The summed E-state index contributed by atoms with van der Waals surface area (Å²) >= 11 is 0. The SMILES string of the molecule is CCCC(=O)C1=C[C@@H](OC(CC)CC)[C@H](NC(C)=O)[C@@H](NC(N2C(=O)CCC2=O)N2C(=O)CCC2=O)C1. The lowest BCUT2D eigenvalue weighted by Crippen LogP contribution is -2.67. The van der Waals surface area contributed by atoms with Crippen molar-refractivity contribution in [3.63, 3.8) is 0 Å². The topological polar surface area (TPSA) is 142 Å². The summed E-state index contributed by atoms with van der Waals surface area (Å²) in [4.78, 5) is 77.8. The largest absolute Gasteiger partial charge is 0.369 e. The Morgan fingerprint density at radius 2 is 1.46 bits per heavy atom. The van der Waals surface area contributed by atoms with Gasteiger partial charge in [-0.2, -0.15) is 0 Å². The van der Waals surface area contributed by atoms with Crippen molar-refractivity contribution in [2.24, 2.45) is 0 Å². The number of amides is 5. The predicted octanol–water partition coefficient (Wildman–Crippen LogP) is 1.30. The van der Waals surface area contributed by atoms with E-state index in [-0.39, 0.29) is 49.9 Å². The third-order valence-electron chi connectivity index (χ3n) is 7.09. The lowest BCUT2D eigenvalue weighted by atomic mass is 9.85. The maximum Gasteiger partial charge on any atom is 0.232 e. The third-order valence-corrected chi connectivity index (χ3v) is 7.09. The van der Waals surface area contributed by atoms with Gasteiger partial charge in [0, 0.05) is 45.1 Å². The molecule has 3 aliphatic rings. The summed E-state index contributed by atoms with van der Waals surface area (Å²) in [6, 6.07) is -1.39. The van der Waals surface area contributed by atoms with Gasteiger partial charge in [-0.15, -0.1) is 0 Å². The smallest absolute Gasteiger partial charge is 0.232 e. The number of nitrogens with one attached hydrogen (secondary N) is 2. The van der Waals surface area contributed by atoms with Crippen LogP contribution in [0, 0.1) is 0 Å². The van der Waals surface area contributed by atoms with E-state index >= 15 is 0 Å². The summed E-state index contributed by atoms with van der Waals surface area (Å²) < 4.78 is 6.33. The van der Waals surface area contributed by atoms with Crippen molar-refractivity contribution in [1.29, 1.82) is 0 Å². The molecule has 37 heavy (non-hydrogen) atoms. The molecule has 1 aliphatic carbocycles. The molecule has 0 unspecified atom stereocenters. The molecule has 2 saturated heterocycles. The molecule has 0 bridgehead atoms. The maximum atomic E-state index is 13.0. The fourth-order valence-corrected chi connectivity index (χ4v) is 5.15. The number of likely N-dealkylation sites (tertiary alicyclic amines) is 2. The Balaban J connectivity index is 2.04. The molecule has 0 aromatic carbocycles. The number of imide groups is 2. The lowest BCUT2D eigenvalue weighted by Gasteiger charge is -2.43. The van der Waals surface area contributed by atoms with Gasteiger partial charge in [0.05, 0.1) is 18.2 Å². The van der Waals surface area contributed by atoms with Crippen LogP contribution >= 0.6 is 0 Å². The van der Waals surface area contributed by atoms with Crippen LogP contribution in [-0.4, -0.2) is 75.7 Å². The van der Waals surface area contributed by atoms with E-state index in [4.69, 9.17) is 4.74 Å². The molecule has 0 aromatic rings. The van der Waals surface area contributed by atoms with Crippen molar-refractivity contribution in [1.82, 2.24) is 20.4 Å². The second-order valence-corrected chi connectivity index (χ2v) is 9.80. The van der Waals surface area contributed by atoms with Gasteiger partial charge in [-0.25, -0.2) is 9.80 Å². The lowest BCUT2D eigenvalue weighted by molar-refractivity contribution is -0.157. The first-order valence-electron chi connectivity index (χ1n) is 13.2. The normalized spacial score (nSPS) is 24.5. The van der Waals surface area contributed by atoms with Crippen molar-refractivity contribution in [3.8, 4) is 0 Å². The standard InChI is InChI=1S/C26H38N4O7/c1-5-8-19(32)16-13-18(25(27-15(4)31)20(14-16)37-17(6-2)7-3)28-26(29-21(33)9-10-22(29)34)30-23(35)11-12-24(30)36/h14,17-18,20,25-26,28H,5-13H2,1-4H3,(H,27,31)/t18-,20+,25+/m0/s1. The molecule has 0 spiro atoms. The van der Waals surface area contributed by atoms with Crippen molar-refractivity contribution >= 4 is 35.3 Å². The monoisotopic (exact) mass is 518 g/mol. The van der Waals surface area contributed by atoms with Crippen molar-refractivity contribution < 1.29 is 33.5 Å². The molecule has 3 atom stereocenters. The molecular formula is C26H38N4O7. The zero-order chi connectivity index (χ0) is 27.3. The molecule has 204 valence electrons. The molecule has 5 amide bonds. The molecule has 3 rings (SSSR count). The fraction of sp³-hybridized carbons (Fsp3) is 0.692. The van der Waals surface area contributed by atoms with Gasteiger partial charge in [-0.1, -0.05) is 20.8 Å². The zero-order valence-electron chi connectivity index (χ0n) is 22.1. The van der Waals surface area contributed by atoms with Gasteiger partial charge >= 0.3 is 0 Å². The number of ether oxygens (including phenoxy) is 1.